The van der Waals surface area contributed by atoms with Crippen molar-refractivity contribution in [2.75, 3.05) is 6.54 Å². The van der Waals surface area contributed by atoms with Crippen molar-refractivity contribution in [1.29, 1.82) is 0 Å². The van der Waals surface area contributed by atoms with Crippen molar-refractivity contribution in [3.63, 3.8) is 0 Å². The third kappa shape index (κ3) is 4.18. The lowest BCUT2D eigenvalue weighted by atomic mass is 10.2. The third-order valence-corrected chi connectivity index (χ3v) is 2.45. The molecule has 1 aliphatic heterocycles. The average molecular weight is 258 g/mol. The van der Waals surface area contributed by atoms with Crippen LogP contribution in [0, 0.1) is 0 Å². The fourth-order valence-electron chi connectivity index (χ4n) is 1.81. The molecule has 0 aromatic rings. The molecule has 0 saturated carbocycles. The Balaban J connectivity index is 2.64. The van der Waals surface area contributed by atoms with E-state index < -0.39 is 29.9 Å². The summed E-state index contributed by atoms with van der Waals surface area (Å²) in [5.74, 6) is -0.464. The molecule has 2 atom stereocenters. The molecule has 0 bridgehead atoms. The molecule has 1 heterocycles. The molecule has 1 saturated heterocycles. The number of nitrogens with zero attached hydrogens (tertiary/aromatic N) is 1. The second-order valence-electron chi connectivity index (χ2n) is 5.47. The van der Waals surface area contributed by atoms with E-state index >= 15 is 0 Å². The van der Waals surface area contributed by atoms with Crippen LogP contribution in [0.4, 0.5) is 4.79 Å². The maximum absolute atomic E-state index is 11.9. The van der Waals surface area contributed by atoms with Crippen LogP contribution in [0.2, 0.25) is 0 Å². The Labute approximate surface area is 107 Å². The zero-order valence-electron chi connectivity index (χ0n) is 11.4. The van der Waals surface area contributed by atoms with Gasteiger partial charge in [-0.3, -0.25) is 10.6 Å². The van der Waals surface area contributed by atoms with E-state index in [1.165, 1.54) is 4.90 Å². The summed E-state index contributed by atoms with van der Waals surface area (Å²) in [6.45, 7) is 7.45. The van der Waals surface area contributed by atoms with E-state index in [1.807, 2.05) is 0 Å². The van der Waals surface area contributed by atoms with E-state index in [2.05, 4.69) is 0 Å². The fourth-order valence-corrected chi connectivity index (χ4v) is 1.81. The molecule has 0 aromatic heterocycles. The van der Waals surface area contributed by atoms with Crippen LogP contribution < -0.4 is 5.73 Å². The molecule has 6 nitrogen and oxygen atoms in total. The lowest BCUT2D eigenvalue weighted by molar-refractivity contribution is -0.153. The molecule has 104 valence electrons. The van der Waals surface area contributed by atoms with Crippen molar-refractivity contribution in [2.45, 2.75) is 58.4 Å². The van der Waals surface area contributed by atoms with Gasteiger partial charge in [0.05, 0.1) is 0 Å². The Bertz CT molecular complexity index is 323. The maximum atomic E-state index is 11.9. The first-order chi connectivity index (χ1) is 8.20. The van der Waals surface area contributed by atoms with Gasteiger partial charge in [0.15, 0.2) is 0 Å². The molecule has 1 amide bonds. The first-order valence-electron chi connectivity index (χ1n) is 6.16. The zero-order chi connectivity index (χ0) is 13.9. The van der Waals surface area contributed by atoms with Crippen LogP contribution >= 0.6 is 0 Å². The van der Waals surface area contributed by atoms with Crippen LogP contribution in [-0.4, -0.2) is 41.4 Å². The van der Waals surface area contributed by atoms with Gasteiger partial charge in [-0.15, -0.1) is 0 Å². The number of hydrogen-bond donors (Lipinski definition) is 1. The third-order valence-electron chi connectivity index (χ3n) is 2.45. The molecule has 2 N–H and O–H groups in total. The summed E-state index contributed by atoms with van der Waals surface area (Å²) < 4.78 is 10.2. The molecule has 0 radical (unpaired) electrons. The summed E-state index contributed by atoms with van der Waals surface area (Å²) in [5.41, 5.74) is 4.83. The number of likely N-dealkylation sites (tertiary alicyclic amines) is 1. The van der Waals surface area contributed by atoms with Gasteiger partial charge in [-0.25, -0.2) is 9.59 Å². The summed E-state index contributed by atoms with van der Waals surface area (Å²) in [6.07, 6.45) is 0.202. The monoisotopic (exact) mass is 258 g/mol. The van der Waals surface area contributed by atoms with Crippen molar-refractivity contribution in [2.24, 2.45) is 5.73 Å². The van der Waals surface area contributed by atoms with Crippen molar-refractivity contribution < 1.29 is 19.1 Å². The highest BCUT2D eigenvalue weighted by molar-refractivity contribution is 5.82. The summed E-state index contributed by atoms with van der Waals surface area (Å²) >= 11 is 0. The minimum Gasteiger partial charge on any atom is -0.446 e. The minimum atomic E-state index is -0.668. The number of amides is 1. The van der Waals surface area contributed by atoms with Gasteiger partial charge in [0.2, 0.25) is 0 Å². The Morgan fingerprint density at radius 1 is 1.39 bits per heavy atom. The quantitative estimate of drug-likeness (QED) is 0.595. The van der Waals surface area contributed by atoms with Crippen molar-refractivity contribution in [3.8, 4) is 0 Å². The fraction of sp³-hybridized carbons (Fsp3) is 0.833. The van der Waals surface area contributed by atoms with Gasteiger partial charge >= 0.3 is 12.1 Å². The number of hydrogen-bond acceptors (Lipinski definition) is 5. The first-order valence-corrected chi connectivity index (χ1v) is 6.16. The van der Waals surface area contributed by atoms with Gasteiger partial charge in [-0.1, -0.05) is 0 Å². The molecule has 6 heteroatoms. The lowest BCUT2D eigenvalue weighted by Crippen LogP contribution is -2.45. The molecule has 18 heavy (non-hydrogen) atoms. The van der Waals surface area contributed by atoms with E-state index in [4.69, 9.17) is 15.2 Å². The Morgan fingerprint density at radius 2 is 2.00 bits per heavy atom. The average Bonchev–Trinajstić information content (AvgIpc) is 2.61. The second-order valence-corrected chi connectivity index (χ2v) is 5.47. The number of carbonyl (C=O) groups excluding carboxylic acids is 2. The minimum absolute atomic E-state index is 0.464. The number of rotatable bonds is 2. The van der Waals surface area contributed by atoms with Crippen molar-refractivity contribution >= 4 is 12.1 Å². The van der Waals surface area contributed by atoms with E-state index in [0.717, 1.165) is 6.42 Å². The van der Waals surface area contributed by atoms with E-state index in [0.29, 0.717) is 13.0 Å². The molecular weight excluding hydrogens is 236 g/mol. The molecule has 1 rings (SSSR count). The SMILES string of the molecule is CC(N)OC(=O)[C@@H]1CCCN1C(=O)OC(C)(C)C. The number of carbonyl (C=O) groups is 2. The number of esters is 1. The number of nitrogens with two attached hydrogens (primary N) is 1. The number of ether oxygens (including phenoxy) is 2. The summed E-state index contributed by atoms with van der Waals surface area (Å²) in [4.78, 5) is 25.1. The van der Waals surface area contributed by atoms with Crippen LogP contribution in [0.5, 0.6) is 0 Å². The highest BCUT2D eigenvalue weighted by Gasteiger charge is 2.37. The standard InChI is InChI=1S/C12H22N2O4/c1-8(13)17-10(15)9-6-5-7-14(9)11(16)18-12(2,3)4/h8-9H,5-7,13H2,1-4H3/t8?,9-/m0/s1. The highest BCUT2D eigenvalue weighted by Crippen LogP contribution is 2.21. The van der Waals surface area contributed by atoms with Crippen LogP contribution in [0.3, 0.4) is 0 Å². The van der Waals surface area contributed by atoms with Crippen molar-refractivity contribution in [1.82, 2.24) is 4.90 Å². The Morgan fingerprint density at radius 3 is 2.50 bits per heavy atom. The van der Waals surface area contributed by atoms with Gasteiger partial charge in [0.1, 0.15) is 17.9 Å². The largest absolute Gasteiger partial charge is 0.446 e. The maximum Gasteiger partial charge on any atom is 0.411 e. The van der Waals surface area contributed by atoms with E-state index in [-0.39, 0.29) is 0 Å². The van der Waals surface area contributed by atoms with Crippen LogP contribution in [0.25, 0.3) is 0 Å². The summed E-state index contributed by atoms with van der Waals surface area (Å²) in [5, 5.41) is 0. The van der Waals surface area contributed by atoms with E-state index in [1.54, 1.807) is 27.7 Å². The molecule has 1 fully saturated rings. The Kier molecular flexibility index (Phi) is 4.56. The van der Waals surface area contributed by atoms with Gasteiger partial charge in [0.25, 0.3) is 0 Å². The van der Waals surface area contributed by atoms with Gasteiger partial charge in [0, 0.05) is 6.54 Å². The predicted octanol–water partition coefficient (Wildman–Crippen LogP) is 1.23. The smallest absolute Gasteiger partial charge is 0.411 e. The summed E-state index contributed by atoms with van der Waals surface area (Å²) in [6, 6.07) is -0.578. The summed E-state index contributed by atoms with van der Waals surface area (Å²) in [7, 11) is 0. The van der Waals surface area contributed by atoms with Gasteiger partial charge < -0.3 is 9.47 Å². The second kappa shape index (κ2) is 5.56. The van der Waals surface area contributed by atoms with Gasteiger partial charge in [-0.2, -0.15) is 0 Å². The topological polar surface area (TPSA) is 81.9 Å². The molecule has 1 aliphatic rings. The van der Waals surface area contributed by atoms with Crippen molar-refractivity contribution in [3.05, 3.63) is 0 Å². The zero-order valence-corrected chi connectivity index (χ0v) is 11.4. The van der Waals surface area contributed by atoms with Crippen LogP contribution in [-0.2, 0) is 14.3 Å². The molecule has 0 aliphatic carbocycles. The van der Waals surface area contributed by atoms with Crippen LogP contribution in [0.1, 0.15) is 40.5 Å². The first kappa shape index (κ1) is 14.8. The lowest BCUT2D eigenvalue weighted by Gasteiger charge is -2.27. The molecular formula is C12H22N2O4. The molecule has 0 spiro atoms. The van der Waals surface area contributed by atoms with E-state index in [9.17, 15) is 9.59 Å². The highest BCUT2D eigenvalue weighted by atomic mass is 16.6. The normalized spacial score (nSPS) is 21.6. The van der Waals surface area contributed by atoms with Crippen LogP contribution in [0.15, 0.2) is 0 Å². The molecule has 1 unspecified atom stereocenters. The van der Waals surface area contributed by atoms with Gasteiger partial charge in [-0.05, 0) is 40.5 Å². The predicted molar refractivity (Wildman–Crippen MR) is 65.7 cm³/mol. The molecule has 0 aromatic carbocycles. The Hall–Kier alpha value is -1.30.